The van der Waals surface area contributed by atoms with Crippen molar-refractivity contribution in [3.8, 4) is 0 Å². The zero-order valence-electron chi connectivity index (χ0n) is 14.4. The molecule has 0 unspecified atom stereocenters. The minimum atomic E-state index is -1.26. The number of nitrogens with two attached hydrogens (primary N) is 1. The maximum atomic E-state index is 12.7. The molecule has 9 heteroatoms. The van der Waals surface area contributed by atoms with Gasteiger partial charge in [-0.3, -0.25) is 14.8 Å². The number of carbonyl (C=O) groups excluding carboxylic acids is 2. The number of aromatic nitrogens is 1. The van der Waals surface area contributed by atoms with Gasteiger partial charge in [0.15, 0.2) is 5.82 Å². The van der Waals surface area contributed by atoms with Gasteiger partial charge in [0, 0.05) is 5.69 Å². The first-order valence-electron chi connectivity index (χ1n) is 8.02. The van der Waals surface area contributed by atoms with E-state index >= 15 is 0 Å². The molecule has 0 aromatic carbocycles. The third-order valence-corrected chi connectivity index (χ3v) is 3.74. The van der Waals surface area contributed by atoms with Crippen molar-refractivity contribution in [3.05, 3.63) is 23.4 Å². The van der Waals surface area contributed by atoms with Crippen LogP contribution in [0.2, 0.25) is 0 Å². The third kappa shape index (κ3) is 5.80. The lowest BCUT2D eigenvalue weighted by Crippen LogP contribution is -2.46. The Morgan fingerprint density at radius 2 is 2.04 bits per heavy atom. The molecular weight excluding hydrogens is 328 g/mol. The molecule has 0 spiro atoms. The fourth-order valence-corrected chi connectivity index (χ4v) is 2.40. The van der Waals surface area contributed by atoms with Gasteiger partial charge >= 0.3 is 5.97 Å². The van der Waals surface area contributed by atoms with Crippen molar-refractivity contribution < 1.29 is 24.7 Å². The Hall–Kier alpha value is -2.52. The summed E-state index contributed by atoms with van der Waals surface area (Å²) in [5, 5.41) is 19.7. The molecule has 0 aliphatic heterocycles. The van der Waals surface area contributed by atoms with Crippen LogP contribution in [0.1, 0.15) is 48.7 Å². The average Bonchev–Trinajstić information content (AvgIpc) is 2.59. The number of rotatable bonds is 10. The highest BCUT2D eigenvalue weighted by molar-refractivity contribution is 6.00. The van der Waals surface area contributed by atoms with Gasteiger partial charge in [0.2, 0.25) is 12.3 Å². The molecule has 1 aromatic heterocycles. The summed E-state index contributed by atoms with van der Waals surface area (Å²) in [4.78, 5) is 38.7. The normalized spacial score (nSPS) is 11.7. The van der Waals surface area contributed by atoms with E-state index in [9.17, 15) is 24.7 Å². The molecule has 0 fully saturated rings. The van der Waals surface area contributed by atoms with Gasteiger partial charge in [0.1, 0.15) is 5.56 Å². The quantitative estimate of drug-likeness (QED) is 0.144. The number of carboxylic acid groups (broad SMARTS) is 1. The van der Waals surface area contributed by atoms with Crippen molar-refractivity contribution in [2.24, 2.45) is 11.8 Å². The summed E-state index contributed by atoms with van der Waals surface area (Å²) in [6, 6.07) is 2.83. The van der Waals surface area contributed by atoms with Crippen LogP contribution in [0.4, 0.5) is 5.82 Å². The standard InChI is InChI=1S/C16H24N4O5/c1-3-4-5-6-12(9-19(25)10-21)15(22)20(17)14-13(16(23)24)8-7-11(2)18-14/h7-8,10,12,25H,3-6,9,17H2,1-2H3,(H,23,24)/t12-/m1/s1. The Labute approximate surface area is 146 Å². The first-order chi connectivity index (χ1) is 11.8. The van der Waals surface area contributed by atoms with Gasteiger partial charge in [-0.2, -0.15) is 0 Å². The molecule has 0 saturated carbocycles. The summed E-state index contributed by atoms with van der Waals surface area (Å²) in [6.07, 6.45) is 3.13. The van der Waals surface area contributed by atoms with E-state index in [0.29, 0.717) is 28.6 Å². The van der Waals surface area contributed by atoms with Crippen molar-refractivity contribution in [1.82, 2.24) is 10.0 Å². The van der Waals surface area contributed by atoms with E-state index in [-0.39, 0.29) is 24.3 Å². The summed E-state index contributed by atoms with van der Waals surface area (Å²) in [5.41, 5.74) is 0.299. The minimum absolute atomic E-state index is 0.173. The van der Waals surface area contributed by atoms with Crippen molar-refractivity contribution in [3.63, 3.8) is 0 Å². The molecule has 1 atom stereocenters. The maximum Gasteiger partial charge on any atom is 0.339 e. The summed E-state index contributed by atoms with van der Waals surface area (Å²) in [5.74, 6) is 3.02. The second-order valence-electron chi connectivity index (χ2n) is 5.76. The zero-order chi connectivity index (χ0) is 19.0. The lowest BCUT2D eigenvalue weighted by Gasteiger charge is -2.25. The monoisotopic (exact) mass is 352 g/mol. The summed E-state index contributed by atoms with van der Waals surface area (Å²) >= 11 is 0. The van der Waals surface area contributed by atoms with E-state index in [1.807, 2.05) is 6.92 Å². The van der Waals surface area contributed by atoms with E-state index in [2.05, 4.69) is 4.98 Å². The average molecular weight is 352 g/mol. The summed E-state index contributed by atoms with van der Waals surface area (Å²) < 4.78 is 0. The number of amides is 2. The Bertz CT molecular complexity index is 623. The Morgan fingerprint density at radius 1 is 1.36 bits per heavy atom. The van der Waals surface area contributed by atoms with Crippen LogP contribution in [0.3, 0.4) is 0 Å². The SMILES string of the molecule is CCCCC[C@H](CN(O)C=O)C(=O)N(N)c1nc(C)ccc1C(=O)O. The molecule has 1 heterocycles. The van der Waals surface area contributed by atoms with Crippen LogP contribution in [0.15, 0.2) is 12.1 Å². The highest BCUT2D eigenvalue weighted by Crippen LogP contribution is 2.21. The second-order valence-corrected chi connectivity index (χ2v) is 5.76. The number of aromatic carboxylic acids is 1. The zero-order valence-corrected chi connectivity index (χ0v) is 14.4. The highest BCUT2D eigenvalue weighted by atomic mass is 16.5. The number of aryl methyl sites for hydroxylation is 1. The molecule has 1 aromatic rings. The van der Waals surface area contributed by atoms with Crippen LogP contribution in [0.25, 0.3) is 0 Å². The van der Waals surface area contributed by atoms with Crippen LogP contribution in [0, 0.1) is 12.8 Å². The van der Waals surface area contributed by atoms with E-state index in [4.69, 9.17) is 5.84 Å². The maximum absolute atomic E-state index is 12.7. The first kappa shape index (κ1) is 20.5. The van der Waals surface area contributed by atoms with E-state index in [1.54, 1.807) is 6.92 Å². The number of pyridine rings is 1. The van der Waals surface area contributed by atoms with Gasteiger partial charge in [-0.05, 0) is 25.5 Å². The lowest BCUT2D eigenvalue weighted by atomic mass is 9.99. The number of anilines is 1. The fraction of sp³-hybridized carbons (Fsp3) is 0.500. The molecule has 0 radical (unpaired) electrons. The molecule has 2 amide bonds. The fourth-order valence-electron chi connectivity index (χ4n) is 2.40. The second kappa shape index (κ2) is 9.70. The molecule has 4 N–H and O–H groups in total. The largest absolute Gasteiger partial charge is 0.478 e. The minimum Gasteiger partial charge on any atom is -0.478 e. The number of carbonyl (C=O) groups is 3. The number of hydroxylamine groups is 2. The topological polar surface area (TPSA) is 137 Å². The van der Waals surface area contributed by atoms with E-state index < -0.39 is 17.8 Å². The van der Waals surface area contributed by atoms with Crippen LogP contribution in [0.5, 0.6) is 0 Å². The van der Waals surface area contributed by atoms with Crippen LogP contribution in [-0.4, -0.2) is 45.2 Å². The molecule has 138 valence electrons. The van der Waals surface area contributed by atoms with Gasteiger partial charge in [-0.25, -0.2) is 25.7 Å². The first-order valence-corrected chi connectivity index (χ1v) is 8.02. The van der Waals surface area contributed by atoms with Crippen LogP contribution < -0.4 is 10.9 Å². The number of carboxylic acids is 1. The third-order valence-electron chi connectivity index (χ3n) is 3.74. The molecular formula is C16H24N4O5. The molecule has 1 rings (SSSR count). The number of nitrogens with zero attached hydrogens (tertiary/aromatic N) is 3. The van der Waals surface area contributed by atoms with Crippen LogP contribution in [-0.2, 0) is 9.59 Å². The van der Waals surface area contributed by atoms with E-state index in [0.717, 1.165) is 12.8 Å². The van der Waals surface area contributed by atoms with Gasteiger partial charge in [0.25, 0.3) is 0 Å². The number of hydrogen-bond donors (Lipinski definition) is 3. The molecule has 0 aliphatic rings. The Kier molecular flexibility index (Phi) is 7.96. The molecule has 9 nitrogen and oxygen atoms in total. The Morgan fingerprint density at radius 3 is 2.60 bits per heavy atom. The lowest BCUT2D eigenvalue weighted by molar-refractivity contribution is -0.154. The number of hydrazine groups is 1. The van der Waals surface area contributed by atoms with Crippen molar-refractivity contribution in [2.45, 2.75) is 39.5 Å². The number of unbranched alkanes of at least 4 members (excludes halogenated alkanes) is 2. The molecule has 25 heavy (non-hydrogen) atoms. The molecule has 0 saturated heterocycles. The van der Waals surface area contributed by atoms with Gasteiger partial charge in [0.05, 0.1) is 12.5 Å². The Balaban J connectivity index is 3.07. The smallest absolute Gasteiger partial charge is 0.339 e. The summed E-state index contributed by atoms with van der Waals surface area (Å²) in [6.45, 7) is 3.42. The van der Waals surface area contributed by atoms with Gasteiger partial charge in [-0.15, -0.1) is 0 Å². The van der Waals surface area contributed by atoms with Crippen LogP contribution >= 0.6 is 0 Å². The predicted molar refractivity (Wildman–Crippen MR) is 89.8 cm³/mol. The number of hydrogen-bond acceptors (Lipinski definition) is 6. The van der Waals surface area contributed by atoms with Crippen molar-refractivity contribution in [2.75, 3.05) is 11.6 Å². The summed E-state index contributed by atoms with van der Waals surface area (Å²) in [7, 11) is 0. The molecule has 0 bridgehead atoms. The van der Waals surface area contributed by atoms with E-state index in [1.165, 1.54) is 12.1 Å². The van der Waals surface area contributed by atoms with Gasteiger partial charge < -0.3 is 5.11 Å². The van der Waals surface area contributed by atoms with Crippen molar-refractivity contribution >= 4 is 24.1 Å². The van der Waals surface area contributed by atoms with Gasteiger partial charge in [-0.1, -0.05) is 26.2 Å². The molecule has 0 aliphatic carbocycles. The van der Waals surface area contributed by atoms with Crippen molar-refractivity contribution in [1.29, 1.82) is 0 Å². The highest BCUT2D eigenvalue weighted by Gasteiger charge is 2.28. The predicted octanol–water partition coefficient (Wildman–Crippen LogP) is 1.34.